The third kappa shape index (κ3) is 1.69. The Kier molecular flexibility index (Phi) is 2.56. The van der Waals surface area contributed by atoms with Crippen LogP contribution in [0.2, 0.25) is 0 Å². The summed E-state index contributed by atoms with van der Waals surface area (Å²) >= 11 is 2.67. The monoisotopic (exact) mass is 240 g/mol. The van der Waals surface area contributed by atoms with Crippen molar-refractivity contribution in [1.82, 2.24) is 4.98 Å². The van der Waals surface area contributed by atoms with Crippen LogP contribution in [0.1, 0.15) is 12.0 Å². The normalized spacial score (nSPS) is 10.8. The molecule has 0 radical (unpaired) electrons. The van der Waals surface area contributed by atoms with Crippen molar-refractivity contribution in [3.8, 4) is 0 Å². The maximum Gasteiger partial charge on any atom is 0.266 e. The van der Waals surface area contributed by atoms with Crippen LogP contribution in [0.25, 0.3) is 0 Å². The van der Waals surface area contributed by atoms with Crippen molar-refractivity contribution < 1.29 is 13.2 Å². The average Bonchev–Trinajstić information content (AvgIpc) is 1.96. The van der Waals surface area contributed by atoms with E-state index < -0.39 is 17.8 Å². The average molecular weight is 241 g/mol. The first-order valence-electron chi connectivity index (χ1n) is 2.92. The molecule has 0 amide bonds. The summed E-state index contributed by atoms with van der Waals surface area (Å²) in [6.07, 6.45) is -2.88. The summed E-state index contributed by atoms with van der Waals surface area (Å²) in [6, 6.07) is 0.810. The number of hydrogen-bond acceptors (Lipinski definition) is 2. The molecule has 0 fully saturated rings. The van der Waals surface area contributed by atoms with Crippen LogP contribution in [-0.4, -0.2) is 4.98 Å². The van der Waals surface area contributed by atoms with Gasteiger partial charge >= 0.3 is 0 Å². The van der Waals surface area contributed by atoms with E-state index in [9.17, 15) is 13.2 Å². The number of alkyl halides is 2. The van der Waals surface area contributed by atoms with Crippen molar-refractivity contribution in [2.24, 2.45) is 0 Å². The lowest BCUT2D eigenvalue weighted by molar-refractivity contribution is 0.146. The highest BCUT2D eigenvalue weighted by atomic mass is 79.9. The van der Waals surface area contributed by atoms with Crippen molar-refractivity contribution in [1.29, 1.82) is 0 Å². The van der Waals surface area contributed by atoms with E-state index >= 15 is 0 Å². The summed E-state index contributed by atoms with van der Waals surface area (Å²) in [5, 5.41) is 0. The largest absolute Gasteiger partial charge is 0.384 e. The molecule has 1 rings (SSSR count). The fraction of sp³-hybridized carbons (Fsp3) is 0.167. The van der Waals surface area contributed by atoms with Gasteiger partial charge in [-0.25, -0.2) is 18.2 Å². The number of rotatable bonds is 1. The highest BCUT2D eigenvalue weighted by molar-refractivity contribution is 9.10. The number of nitrogens with zero attached hydrogens (tertiary/aromatic N) is 1. The molecular weight excluding hydrogens is 237 g/mol. The van der Waals surface area contributed by atoms with E-state index in [1.165, 1.54) is 0 Å². The quantitative estimate of drug-likeness (QED) is 0.767. The lowest BCUT2D eigenvalue weighted by Gasteiger charge is -2.03. The highest BCUT2D eigenvalue weighted by Gasteiger charge is 2.17. The molecule has 66 valence electrons. The molecule has 6 heteroatoms. The number of pyridine rings is 1. The predicted molar refractivity (Wildman–Crippen MR) is 41.3 cm³/mol. The second-order valence-corrected chi connectivity index (χ2v) is 2.79. The number of halogens is 4. The molecule has 12 heavy (non-hydrogen) atoms. The number of anilines is 1. The minimum atomic E-state index is -2.88. The molecule has 0 atom stereocenters. The minimum absolute atomic E-state index is 0.140. The Hall–Kier alpha value is -0.780. The van der Waals surface area contributed by atoms with Gasteiger partial charge in [-0.15, -0.1) is 0 Å². The van der Waals surface area contributed by atoms with Crippen molar-refractivity contribution in [3.05, 3.63) is 22.1 Å². The Labute approximate surface area is 74.7 Å². The zero-order chi connectivity index (χ0) is 9.30. The third-order valence-electron chi connectivity index (χ3n) is 1.20. The number of hydrogen-bond donors (Lipinski definition) is 1. The summed E-state index contributed by atoms with van der Waals surface area (Å²) in [7, 11) is 0. The van der Waals surface area contributed by atoms with Crippen molar-refractivity contribution >= 4 is 21.7 Å². The molecule has 1 heterocycles. The second kappa shape index (κ2) is 3.30. The predicted octanol–water partition coefficient (Wildman–Crippen LogP) is 2.50. The van der Waals surface area contributed by atoms with Gasteiger partial charge in [0.1, 0.15) is 10.4 Å². The van der Waals surface area contributed by atoms with Crippen LogP contribution in [-0.2, 0) is 0 Å². The SMILES string of the molecule is Nc1cc(C(F)F)c(F)c(Br)n1. The molecule has 0 saturated heterocycles. The van der Waals surface area contributed by atoms with E-state index in [1.807, 2.05) is 0 Å². The summed E-state index contributed by atoms with van der Waals surface area (Å²) in [5.74, 6) is -1.21. The van der Waals surface area contributed by atoms with Crippen molar-refractivity contribution in [2.45, 2.75) is 6.43 Å². The maximum atomic E-state index is 12.8. The van der Waals surface area contributed by atoms with Gasteiger partial charge < -0.3 is 5.73 Å². The standard InChI is InChI=1S/C6H4BrF3N2/c7-5-4(8)2(6(9)10)1-3(11)12-5/h1,6H,(H2,11,12). The Bertz CT molecular complexity index is 303. The first-order valence-corrected chi connectivity index (χ1v) is 3.71. The van der Waals surface area contributed by atoms with E-state index in [0.29, 0.717) is 0 Å². The summed E-state index contributed by atoms with van der Waals surface area (Å²) in [6.45, 7) is 0. The van der Waals surface area contributed by atoms with Gasteiger partial charge in [-0.1, -0.05) is 0 Å². The van der Waals surface area contributed by atoms with Gasteiger partial charge in [-0.2, -0.15) is 0 Å². The fourth-order valence-electron chi connectivity index (χ4n) is 0.695. The summed E-state index contributed by atoms with van der Waals surface area (Å²) in [4.78, 5) is 3.40. The van der Waals surface area contributed by atoms with Crippen LogP contribution in [0.15, 0.2) is 10.7 Å². The van der Waals surface area contributed by atoms with Crippen LogP contribution in [0.5, 0.6) is 0 Å². The van der Waals surface area contributed by atoms with Gasteiger partial charge in [-0.05, 0) is 22.0 Å². The topological polar surface area (TPSA) is 38.9 Å². The Morgan fingerprint density at radius 1 is 1.50 bits per heavy atom. The smallest absolute Gasteiger partial charge is 0.266 e. The van der Waals surface area contributed by atoms with E-state index in [0.717, 1.165) is 6.07 Å². The molecule has 0 unspecified atom stereocenters. The molecule has 2 nitrogen and oxygen atoms in total. The van der Waals surface area contributed by atoms with Gasteiger partial charge in [0.15, 0.2) is 5.82 Å². The van der Waals surface area contributed by atoms with Crippen LogP contribution >= 0.6 is 15.9 Å². The Balaban J connectivity index is 3.28. The number of nitrogens with two attached hydrogens (primary N) is 1. The highest BCUT2D eigenvalue weighted by Crippen LogP contribution is 2.27. The van der Waals surface area contributed by atoms with Crippen molar-refractivity contribution in [2.75, 3.05) is 5.73 Å². The lowest BCUT2D eigenvalue weighted by atomic mass is 10.2. The first kappa shape index (κ1) is 9.31. The third-order valence-corrected chi connectivity index (χ3v) is 1.73. The van der Waals surface area contributed by atoms with Gasteiger partial charge in [-0.3, -0.25) is 0 Å². The second-order valence-electron chi connectivity index (χ2n) is 2.04. The van der Waals surface area contributed by atoms with Crippen molar-refractivity contribution in [3.63, 3.8) is 0 Å². The van der Waals surface area contributed by atoms with Crippen LogP contribution in [0.4, 0.5) is 19.0 Å². The lowest BCUT2D eigenvalue weighted by Crippen LogP contribution is -1.99. The minimum Gasteiger partial charge on any atom is -0.384 e. The molecule has 1 aromatic heterocycles. The van der Waals surface area contributed by atoms with Gasteiger partial charge in [0.05, 0.1) is 5.56 Å². The molecule has 0 aliphatic carbocycles. The van der Waals surface area contributed by atoms with Crippen LogP contribution in [0.3, 0.4) is 0 Å². The molecule has 0 aliphatic rings. The number of nitrogen functional groups attached to an aromatic ring is 1. The molecule has 0 spiro atoms. The van der Waals surface area contributed by atoms with E-state index in [2.05, 4.69) is 20.9 Å². The Morgan fingerprint density at radius 3 is 2.58 bits per heavy atom. The Morgan fingerprint density at radius 2 is 2.08 bits per heavy atom. The molecule has 1 aromatic rings. The van der Waals surface area contributed by atoms with E-state index in [4.69, 9.17) is 5.73 Å². The van der Waals surface area contributed by atoms with E-state index in [1.54, 1.807) is 0 Å². The molecule has 0 aliphatic heterocycles. The summed E-state index contributed by atoms with van der Waals surface area (Å²) < 4.78 is 36.6. The molecule has 0 aromatic carbocycles. The zero-order valence-corrected chi connectivity index (χ0v) is 7.28. The van der Waals surface area contributed by atoms with Gasteiger partial charge in [0.2, 0.25) is 0 Å². The molecule has 0 saturated carbocycles. The zero-order valence-electron chi connectivity index (χ0n) is 5.69. The maximum absolute atomic E-state index is 12.8. The van der Waals surface area contributed by atoms with Crippen LogP contribution < -0.4 is 5.73 Å². The number of aromatic nitrogens is 1. The van der Waals surface area contributed by atoms with E-state index in [-0.39, 0.29) is 10.4 Å². The first-order chi connectivity index (χ1) is 5.52. The summed E-state index contributed by atoms with van der Waals surface area (Å²) in [5.41, 5.74) is 4.38. The van der Waals surface area contributed by atoms with Gasteiger partial charge in [0.25, 0.3) is 6.43 Å². The molecule has 0 bridgehead atoms. The van der Waals surface area contributed by atoms with Crippen LogP contribution in [0, 0.1) is 5.82 Å². The molecular formula is C6H4BrF3N2. The molecule has 2 N–H and O–H groups in total. The fourth-order valence-corrected chi connectivity index (χ4v) is 1.13. The van der Waals surface area contributed by atoms with Gasteiger partial charge in [0, 0.05) is 0 Å².